The molecule has 5 nitrogen and oxygen atoms in total. The molecule has 0 unspecified atom stereocenters. The van der Waals surface area contributed by atoms with Gasteiger partial charge in [0.25, 0.3) is 0 Å². The van der Waals surface area contributed by atoms with Crippen LogP contribution >= 0.6 is 0 Å². The summed E-state index contributed by atoms with van der Waals surface area (Å²) in [4.78, 5) is 22.8. The van der Waals surface area contributed by atoms with Crippen molar-refractivity contribution < 1.29 is 19.1 Å². The van der Waals surface area contributed by atoms with Crippen LogP contribution in [0.1, 0.15) is 39.5 Å². The van der Waals surface area contributed by atoms with Crippen molar-refractivity contribution >= 4 is 11.9 Å². The zero-order valence-electron chi connectivity index (χ0n) is 11.0. The molecule has 1 aliphatic carbocycles. The first-order valence-electron chi connectivity index (χ1n) is 6.45. The Morgan fingerprint density at radius 2 is 1.89 bits per heavy atom. The number of hydrogen-bond donors (Lipinski definition) is 1. The minimum Gasteiger partial charge on any atom is -0.466 e. The van der Waals surface area contributed by atoms with Crippen molar-refractivity contribution in [2.75, 3.05) is 13.2 Å². The maximum atomic E-state index is 11.4. The van der Waals surface area contributed by atoms with E-state index in [1.54, 1.807) is 13.8 Å². The van der Waals surface area contributed by atoms with Gasteiger partial charge in [-0.1, -0.05) is 0 Å². The van der Waals surface area contributed by atoms with Gasteiger partial charge in [0, 0.05) is 17.8 Å². The quantitative estimate of drug-likeness (QED) is 0.552. The summed E-state index contributed by atoms with van der Waals surface area (Å²) in [7, 11) is 0. The van der Waals surface area contributed by atoms with Crippen molar-refractivity contribution in [3.05, 3.63) is 11.8 Å². The molecule has 1 N–H and O–H groups in total. The molecule has 0 aromatic heterocycles. The predicted molar refractivity (Wildman–Crippen MR) is 66.7 cm³/mol. The van der Waals surface area contributed by atoms with Crippen molar-refractivity contribution in [1.29, 1.82) is 0 Å². The van der Waals surface area contributed by atoms with Gasteiger partial charge in [-0.05, 0) is 33.1 Å². The molecule has 1 aliphatic rings. The molecule has 0 aromatic carbocycles. The SMILES string of the molecule is CCOC(=O)/C=C(/CC(=O)OCC)NC1CCC1. The van der Waals surface area contributed by atoms with Gasteiger partial charge >= 0.3 is 11.9 Å². The fourth-order valence-electron chi connectivity index (χ4n) is 1.65. The highest BCUT2D eigenvalue weighted by atomic mass is 16.5. The van der Waals surface area contributed by atoms with Crippen LogP contribution in [0.15, 0.2) is 11.8 Å². The Morgan fingerprint density at radius 1 is 1.22 bits per heavy atom. The Labute approximate surface area is 108 Å². The highest BCUT2D eigenvalue weighted by Crippen LogP contribution is 2.20. The van der Waals surface area contributed by atoms with E-state index in [1.807, 2.05) is 0 Å². The van der Waals surface area contributed by atoms with E-state index in [2.05, 4.69) is 5.32 Å². The lowest BCUT2D eigenvalue weighted by Crippen LogP contribution is -2.35. The van der Waals surface area contributed by atoms with E-state index >= 15 is 0 Å². The van der Waals surface area contributed by atoms with Gasteiger partial charge in [-0.3, -0.25) is 4.79 Å². The molecule has 5 heteroatoms. The highest BCUT2D eigenvalue weighted by molar-refractivity contribution is 5.84. The Kier molecular flexibility index (Phi) is 6.25. The van der Waals surface area contributed by atoms with Crippen LogP contribution in [0.2, 0.25) is 0 Å². The zero-order valence-corrected chi connectivity index (χ0v) is 11.0. The van der Waals surface area contributed by atoms with Gasteiger partial charge in [-0.2, -0.15) is 0 Å². The molecule has 0 amide bonds. The van der Waals surface area contributed by atoms with E-state index in [0.717, 1.165) is 12.8 Å². The number of rotatable bonds is 7. The third-order valence-electron chi connectivity index (χ3n) is 2.71. The number of ether oxygens (including phenoxy) is 2. The summed E-state index contributed by atoms with van der Waals surface area (Å²) in [5.74, 6) is -0.761. The summed E-state index contributed by atoms with van der Waals surface area (Å²) in [6.45, 7) is 4.17. The summed E-state index contributed by atoms with van der Waals surface area (Å²) in [6, 6.07) is 0.361. The molecule has 18 heavy (non-hydrogen) atoms. The maximum absolute atomic E-state index is 11.4. The first-order chi connectivity index (χ1) is 8.65. The number of nitrogens with one attached hydrogen (secondary N) is 1. The van der Waals surface area contributed by atoms with Crippen LogP contribution in [0.4, 0.5) is 0 Å². The highest BCUT2D eigenvalue weighted by Gasteiger charge is 2.19. The van der Waals surface area contributed by atoms with E-state index in [4.69, 9.17) is 9.47 Å². The minimum absolute atomic E-state index is 0.0865. The Balaban J connectivity index is 2.54. The Bertz CT molecular complexity index is 321. The average Bonchev–Trinajstić information content (AvgIpc) is 2.23. The van der Waals surface area contributed by atoms with E-state index < -0.39 is 5.97 Å². The van der Waals surface area contributed by atoms with Gasteiger partial charge in [-0.15, -0.1) is 0 Å². The van der Waals surface area contributed by atoms with E-state index in [0.29, 0.717) is 25.0 Å². The molecule has 0 heterocycles. The number of carbonyl (C=O) groups is 2. The van der Waals surface area contributed by atoms with Gasteiger partial charge in [0.1, 0.15) is 0 Å². The van der Waals surface area contributed by atoms with Gasteiger partial charge in [-0.25, -0.2) is 4.79 Å². The van der Waals surface area contributed by atoms with Crippen molar-refractivity contribution in [1.82, 2.24) is 5.32 Å². The summed E-state index contributed by atoms with van der Waals surface area (Å²) in [5.41, 5.74) is 0.580. The molecular formula is C13H21NO4. The minimum atomic E-state index is -0.427. The number of carbonyl (C=O) groups excluding carboxylic acids is 2. The standard InChI is InChI=1S/C13H21NO4/c1-3-17-12(15)8-11(9-13(16)18-4-2)14-10-6-5-7-10/h8,10,14H,3-7,9H2,1-2H3/b11-8-. The van der Waals surface area contributed by atoms with Gasteiger partial charge in [0.05, 0.1) is 19.6 Å². The second-order valence-electron chi connectivity index (χ2n) is 4.18. The van der Waals surface area contributed by atoms with Gasteiger partial charge in [0.15, 0.2) is 0 Å². The molecule has 0 bridgehead atoms. The first-order valence-corrected chi connectivity index (χ1v) is 6.45. The molecule has 102 valence electrons. The van der Waals surface area contributed by atoms with Crippen LogP contribution in [-0.2, 0) is 19.1 Å². The lowest BCUT2D eigenvalue weighted by molar-refractivity contribution is -0.142. The third-order valence-corrected chi connectivity index (χ3v) is 2.71. The second-order valence-corrected chi connectivity index (χ2v) is 4.18. The monoisotopic (exact) mass is 255 g/mol. The number of esters is 2. The predicted octanol–water partition coefficient (Wildman–Crippen LogP) is 1.53. The smallest absolute Gasteiger partial charge is 0.332 e. The molecular weight excluding hydrogens is 234 g/mol. The van der Waals surface area contributed by atoms with Gasteiger partial charge < -0.3 is 14.8 Å². The van der Waals surface area contributed by atoms with E-state index in [1.165, 1.54) is 12.5 Å². The lowest BCUT2D eigenvalue weighted by Gasteiger charge is -2.28. The fourth-order valence-corrected chi connectivity index (χ4v) is 1.65. The number of hydrogen-bond acceptors (Lipinski definition) is 5. The van der Waals surface area contributed by atoms with Crippen LogP contribution in [0.3, 0.4) is 0 Å². The van der Waals surface area contributed by atoms with Crippen molar-refractivity contribution in [2.45, 2.75) is 45.6 Å². The van der Waals surface area contributed by atoms with Crippen LogP contribution in [-0.4, -0.2) is 31.2 Å². The normalized spacial score (nSPS) is 15.8. The van der Waals surface area contributed by atoms with Crippen LogP contribution in [0, 0.1) is 0 Å². The van der Waals surface area contributed by atoms with Crippen molar-refractivity contribution in [3.8, 4) is 0 Å². The molecule has 0 saturated heterocycles. The first kappa shape index (κ1) is 14.5. The summed E-state index contributed by atoms with van der Waals surface area (Å²) >= 11 is 0. The lowest BCUT2D eigenvalue weighted by atomic mass is 9.93. The zero-order chi connectivity index (χ0) is 13.4. The van der Waals surface area contributed by atoms with Crippen LogP contribution < -0.4 is 5.32 Å². The van der Waals surface area contributed by atoms with Gasteiger partial charge in [0.2, 0.25) is 0 Å². The molecule has 1 rings (SSSR count). The average molecular weight is 255 g/mol. The molecule has 0 spiro atoms. The van der Waals surface area contributed by atoms with Crippen LogP contribution in [0.25, 0.3) is 0 Å². The summed E-state index contributed by atoms with van der Waals surface area (Å²) < 4.78 is 9.71. The van der Waals surface area contributed by atoms with Crippen molar-refractivity contribution in [2.24, 2.45) is 0 Å². The maximum Gasteiger partial charge on any atom is 0.332 e. The van der Waals surface area contributed by atoms with E-state index in [-0.39, 0.29) is 12.4 Å². The van der Waals surface area contributed by atoms with Crippen molar-refractivity contribution in [3.63, 3.8) is 0 Å². The molecule has 0 atom stereocenters. The Hall–Kier alpha value is -1.52. The third kappa shape index (κ3) is 5.21. The van der Waals surface area contributed by atoms with Crippen LogP contribution in [0.5, 0.6) is 0 Å². The molecule has 1 fully saturated rings. The molecule has 0 aromatic rings. The van der Waals surface area contributed by atoms with E-state index in [9.17, 15) is 9.59 Å². The summed E-state index contributed by atoms with van der Waals surface area (Å²) in [6.07, 6.45) is 4.76. The second kappa shape index (κ2) is 7.74. The summed E-state index contributed by atoms with van der Waals surface area (Å²) in [5, 5.41) is 3.19. The fraction of sp³-hybridized carbons (Fsp3) is 0.692. The molecule has 1 saturated carbocycles. The molecule has 0 aliphatic heterocycles. The topological polar surface area (TPSA) is 64.6 Å². The molecule has 0 radical (unpaired) electrons. The largest absolute Gasteiger partial charge is 0.466 e. The Morgan fingerprint density at radius 3 is 2.39 bits per heavy atom.